The predicted molar refractivity (Wildman–Crippen MR) is 204 cm³/mol. The third-order valence-electron chi connectivity index (χ3n) is 9.98. The first-order valence-electron chi connectivity index (χ1n) is 18.0. The number of morpholine rings is 1. The maximum atomic E-state index is 13.9. The molecule has 7 rings (SSSR count). The van der Waals surface area contributed by atoms with Crippen LogP contribution in [0.4, 0.5) is 21.9 Å². The molecule has 2 aliphatic heterocycles. The normalized spacial score (nSPS) is 17.0. The number of nitrogens with zero attached hydrogens (tertiary/aromatic N) is 4. The molecule has 0 spiro atoms. The fourth-order valence-corrected chi connectivity index (χ4v) is 6.94. The van der Waals surface area contributed by atoms with Crippen LogP contribution in [0.25, 0.3) is 21.9 Å². The van der Waals surface area contributed by atoms with Crippen LogP contribution in [0.5, 0.6) is 5.75 Å². The lowest BCUT2D eigenvalue weighted by molar-refractivity contribution is -0.139. The molecule has 52 heavy (non-hydrogen) atoms. The van der Waals surface area contributed by atoms with Crippen LogP contribution in [0.3, 0.4) is 0 Å². The molecule has 0 bridgehead atoms. The van der Waals surface area contributed by atoms with Crippen molar-refractivity contribution in [3.05, 3.63) is 89.9 Å². The molecule has 2 amide bonds. The Labute approximate surface area is 304 Å². The number of hydrogen-bond donors (Lipinski definition) is 2. The average molecular weight is 703 g/mol. The molecule has 3 aliphatic rings. The minimum Gasteiger partial charge on any atom is -0.492 e. The van der Waals surface area contributed by atoms with Gasteiger partial charge < -0.3 is 20.1 Å². The molecule has 3 aromatic carbocycles. The SMILES string of the molecule is COc1c(NC(=O)Nc2ccc(-c3ccc(CN4CCOCC4)nc3)c3ccccc23)cc(C(C)(C)C)cc1N(C1=CCC1)N1CCC(=O)C(=O)C1. The second kappa shape index (κ2) is 14.9. The number of methoxy groups -OCH3 is 1. The van der Waals surface area contributed by atoms with Crippen molar-refractivity contribution in [1.82, 2.24) is 14.9 Å². The highest BCUT2D eigenvalue weighted by Gasteiger charge is 2.34. The van der Waals surface area contributed by atoms with E-state index in [4.69, 9.17) is 14.5 Å². The van der Waals surface area contributed by atoms with Gasteiger partial charge in [0, 0.05) is 55.4 Å². The van der Waals surface area contributed by atoms with Crippen LogP contribution in [-0.2, 0) is 26.3 Å². The number of carbonyl (C=O) groups excluding carboxylic acids is 3. The van der Waals surface area contributed by atoms with Gasteiger partial charge >= 0.3 is 6.03 Å². The van der Waals surface area contributed by atoms with E-state index < -0.39 is 11.8 Å². The second-order valence-corrected chi connectivity index (χ2v) is 14.6. The van der Waals surface area contributed by atoms with Gasteiger partial charge in [-0.05, 0) is 59.0 Å². The zero-order chi connectivity index (χ0) is 36.4. The molecule has 0 saturated carbocycles. The van der Waals surface area contributed by atoms with E-state index in [1.54, 1.807) is 7.11 Å². The van der Waals surface area contributed by atoms with Crippen LogP contribution in [0.1, 0.15) is 51.3 Å². The quantitative estimate of drug-likeness (QED) is 0.179. The molecule has 1 aliphatic carbocycles. The first-order chi connectivity index (χ1) is 25.1. The number of ketones is 2. The van der Waals surface area contributed by atoms with Crippen molar-refractivity contribution >= 4 is 45.4 Å². The summed E-state index contributed by atoms with van der Waals surface area (Å²) < 4.78 is 11.5. The lowest BCUT2D eigenvalue weighted by atomic mass is 9.86. The number of hydrazine groups is 1. The zero-order valence-corrected chi connectivity index (χ0v) is 30.3. The Morgan fingerprint density at radius 3 is 2.33 bits per heavy atom. The number of anilines is 3. The van der Waals surface area contributed by atoms with Crippen molar-refractivity contribution in [2.24, 2.45) is 0 Å². The summed E-state index contributed by atoms with van der Waals surface area (Å²) in [5.74, 6) is -0.289. The summed E-state index contributed by atoms with van der Waals surface area (Å²) in [4.78, 5) is 45.7. The molecular formula is C41H46N6O5. The molecule has 0 atom stereocenters. The zero-order valence-electron chi connectivity index (χ0n) is 30.3. The van der Waals surface area contributed by atoms with Gasteiger partial charge in [-0.3, -0.25) is 24.5 Å². The van der Waals surface area contributed by atoms with E-state index in [0.717, 1.165) is 84.5 Å². The van der Waals surface area contributed by atoms with Crippen molar-refractivity contribution in [2.45, 2.75) is 52.0 Å². The van der Waals surface area contributed by atoms with Gasteiger partial charge in [-0.1, -0.05) is 63.2 Å². The number of aromatic nitrogens is 1. The first kappa shape index (κ1) is 35.3. The highest BCUT2D eigenvalue weighted by atomic mass is 16.5. The smallest absolute Gasteiger partial charge is 0.323 e. The van der Waals surface area contributed by atoms with Gasteiger partial charge in [0.2, 0.25) is 11.6 Å². The number of piperidine rings is 1. The van der Waals surface area contributed by atoms with Gasteiger partial charge in [-0.15, -0.1) is 0 Å². The number of hydrogen-bond acceptors (Lipinski definition) is 9. The maximum absolute atomic E-state index is 13.9. The van der Waals surface area contributed by atoms with Crippen LogP contribution in [0, 0.1) is 0 Å². The number of nitrogens with one attached hydrogen (secondary N) is 2. The molecular weight excluding hydrogens is 656 g/mol. The Balaban J connectivity index is 1.17. The van der Waals surface area contributed by atoms with E-state index in [2.05, 4.69) is 66.6 Å². The molecule has 3 heterocycles. The standard InChI is InChI=1S/C41H46N6O5/c1-41(2,3)28-22-35(39(51-4)36(23-28)47(30-8-7-9-30)46-17-16-37(48)38(49)26-46)44-40(50)43-34-15-14-31(32-10-5-6-11-33(32)34)27-12-13-29(42-24-27)25-45-18-20-52-21-19-45/h5-6,8,10-15,22-24H,7,9,16-21,25-26H2,1-4H3,(H2,43,44,50). The van der Waals surface area contributed by atoms with Crippen molar-refractivity contribution in [1.29, 1.82) is 0 Å². The number of ether oxygens (including phenoxy) is 2. The van der Waals surface area contributed by atoms with Gasteiger partial charge in [0.15, 0.2) is 5.75 Å². The molecule has 0 radical (unpaired) electrons. The number of carbonyl (C=O) groups is 3. The Hall–Kier alpha value is -5.10. The Kier molecular flexibility index (Phi) is 10.1. The van der Waals surface area contributed by atoms with E-state index in [-0.39, 0.29) is 24.2 Å². The molecule has 2 fully saturated rings. The highest BCUT2D eigenvalue weighted by Crippen LogP contribution is 2.44. The van der Waals surface area contributed by atoms with Gasteiger partial charge in [0.05, 0.1) is 43.9 Å². The number of Topliss-reactive ketones (excluding diaryl/α,β-unsaturated/α-hetero) is 2. The van der Waals surface area contributed by atoms with Crippen molar-refractivity contribution in [3.63, 3.8) is 0 Å². The summed E-state index contributed by atoms with van der Waals surface area (Å²) in [6.45, 7) is 10.8. The molecule has 2 N–H and O–H groups in total. The monoisotopic (exact) mass is 702 g/mol. The first-order valence-corrected chi connectivity index (χ1v) is 18.0. The fourth-order valence-electron chi connectivity index (χ4n) is 6.94. The van der Waals surface area contributed by atoms with Gasteiger partial charge in [-0.2, -0.15) is 0 Å². The number of rotatable bonds is 9. The summed E-state index contributed by atoms with van der Waals surface area (Å²) in [6.07, 6.45) is 5.94. The largest absolute Gasteiger partial charge is 0.492 e. The Bertz CT molecular complexity index is 2030. The lowest BCUT2D eigenvalue weighted by Crippen LogP contribution is -2.51. The van der Waals surface area contributed by atoms with Crippen LogP contribution in [0.15, 0.2) is 78.6 Å². The number of urea groups is 1. The van der Waals surface area contributed by atoms with Gasteiger partial charge in [0.25, 0.3) is 0 Å². The Morgan fingerprint density at radius 2 is 1.67 bits per heavy atom. The molecule has 4 aromatic rings. The van der Waals surface area contributed by atoms with E-state index in [1.165, 1.54) is 0 Å². The number of amides is 2. The summed E-state index contributed by atoms with van der Waals surface area (Å²) in [5.41, 5.74) is 6.64. The van der Waals surface area contributed by atoms with E-state index >= 15 is 0 Å². The maximum Gasteiger partial charge on any atom is 0.323 e. The molecule has 11 nitrogen and oxygen atoms in total. The van der Waals surface area contributed by atoms with Gasteiger partial charge in [0.1, 0.15) is 5.69 Å². The highest BCUT2D eigenvalue weighted by molar-refractivity contribution is 6.38. The topological polar surface area (TPSA) is 116 Å². The number of pyridine rings is 1. The summed E-state index contributed by atoms with van der Waals surface area (Å²) >= 11 is 0. The third-order valence-corrected chi connectivity index (χ3v) is 9.98. The lowest BCUT2D eigenvalue weighted by Gasteiger charge is -2.42. The van der Waals surface area contributed by atoms with Crippen molar-refractivity contribution in [3.8, 4) is 16.9 Å². The number of allylic oxidation sites excluding steroid dienone is 2. The second-order valence-electron chi connectivity index (χ2n) is 14.6. The molecule has 11 heteroatoms. The number of benzene rings is 3. The van der Waals surface area contributed by atoms with Crippen molar-refractivity contribution < 1.29 is 23.9 Å². The number of fused-ring (bicyclic) bond motifs is 1. The van der Waals surface area contributed by atoms with Crippen LogP contribution in [-0.4, -0.2) is 79.0 Å². The minimum atomic E-state index is -0.421. The molecule has 2 saturated heterocycles. The molecule has 0 unspecified atom stereocenters. The van der Waals surface area contributed by atoms with E-state index in [1.807, 2.05) is 52.6 Å². The van der Waals surface area contributed by atoms with Gasteiger partial charge in [-0.25, -0.2) is 9.80 Å². The molecule has 1 aromatic heterocycles. The van der Waals surface area contributed by atoms with Crippen LogP contribution < -0.4 is 20.4 Å². The summed E-state index contributed by atoms with van der Waals surface area (Å²) in [7, 11) is 1.58. The Morgan fingerprint density at radius 1 is 0.923 bits per heavy atom. The summed E-state index contributed by atoms with van der Waals surface area (Å²) in [5, 5.41) is 12.0. The average Bonchev–Trinajstić information content (AvgIpc) is 3.11. The molecule has 270 valence electrons. The minimum absolute atomic E-state index is 0.0139. The van der Waals surface area contributed by atoms with Crippen molar-refractivity contribution in [2.75, 3.05) is 62.1 Å². The van der Waals surface area contributed by atoms with Crippen LogP contribution in [0.2, 0.25) is 0 Å². The van der Waals surface area contributed by atoms with E-state index in [0.29, 0.717) is 29.4 Å². The fraction of sp³-hybridized carbons (Fsp3) is 0.366. The van der Waals surface area contributed by atoms with E-state index in [9.17, 15) is 14.4 Å². The predicted octanol–water partition coefficient (Wildman–Crippen LogP) is 6.93. The third kappa shape index (κ3) is 7.43. The van der Waals surface area contributed by atoms with Crippen LogP contribution >= 0.6 is 0 Å². The summed E-state index contributed by atoms with van der Waals surface area (Å²) in [6, 6.07) is 19.7.